The van der Waals surface area contributed by atoms with Crippen molar-refractivity contribution in [3.05, 3.63) is 53.6 Å². The number of benzene rings is 2. The van der Waals surface area contributed by atoms with Gasteiger partial charge < -0.3 is 4.74 Å². The number of hydrogen-bond donors (Lipinski definition) is 0. The standard InChI is InChI=1S/C29H40O/c1-3-5-6-22-7-9-23(10-8-22)25-11-13-28-21-26(12-14-27(28)20-25)24-15-17-29(18-16-24)30-19-4-2/h12,14-18,21-23,25H,3-11,13,19-20H2,1-2H3. The van der Waals surface area contributed by atoms with E-state index in [0.29, 0.717) is 0 Å². The maximum Gasteiger partial charge on any atom is 0.119 e. The lowest BCUT2D eigenvalue weighted by Gasteiger charge is -2.36. The first-order valence-corrected chi connectivity index (χ1v) is 12.6. The molecule has 2 aromatic carbocycles. The zero-order valence-electron chi connectivity index (χ0n) is 19.2. The monoisotopic (exact) mass is 404 g/mol. The Morgan fingerprint density at radius 1 is 0.767 bits per heavy atom. The van der Waals surface area contributed by atoms with Crippen LogP contribution in [-0.4, -0.2) is 6.61 Å². The topological polar surface area (TPSA) is 9.23 Å². The van der Waals surface area contributed by atoms with Gasteiger partial charge in [0.2, 0.25) is 0 Å². The van der Waals surface area contributed by atoms with Gasteiger partial charge in [0.1, 0.15) is 5.75 Å². The number of aryl methyl sites for hydroxylation is 1. The van der Waals surface area contributed by atoms with Crippen molar-refractivity contribution >= 4 is 0 Å². The third-order valence-electron chi connectivity index (χ3n) is 7.66. The maximum absolute atomic E-state index is 5.73. The second-order valence-corrected chi connectivity index (χ2v) is 9.78. The fourth-order valence-electron chi connectivity index (χ4n) is 5.77. The van der Waals surface area contributed by atoms with Gasteiger partial charge in [-0.25, -0.2) is 0 Å². The number of rotatable bonds is 8. The fraction of sp³-hybridized carbons (Fsp3) is 0.586. The van der Waals surface area contributed by atoms with Crippen molar-refractivity contribution in [3.8, 4) is 16.9 Å². The minimum atomic E-state index is 0.791. The van der Waals surface area contributed by atoms with Gasteiger partial charge in [0.05, 0.1) is 6.61 Å². The summed E-state index contributed by atoms with van der Waals surface area (Å²) in [7, 11) is 0. The summed E-state index contributed by atoms with van der Waals surface area (Å²) in [6.07, 6.45) is 15.2. The lowest BCUT2D eigenvalue weighted by molar-refractivity contribution is 0.183. The van der Waals surface area contributed by atoms with Crippen molar-refractivity contribution in [2.24, 2.45) is 17.8 Å². The molecule has 0 heterocycles. The molecule has 0 N–H and O–H groups in total. The normalized spacial score (nSPS) is 23.7. The first-order chi connectivity index (χ1) is 14.8. The average molecular weight is 405 g/mol. The highest BCUT2D eigenvalue weighted by molar-refractivity contribution is 5.66. The van der Waals surface area contributed by atoms with Crippen LogP contribution in [0.15, 0.2) is 42.5 Å². The molecular weight excluding hydrogens is 364 g/mol. The van der Waals surface area contributed by atoms with E-state index in [1.54, 1.807) is 11.1 Å². The predicted octanol–water partition coefficient (Wildman–Crippen LogP) is 8.24. The lowest BCUT2D eigenvalue weighted by Crippen LogP contribution is -2.26. The van der Waals surface area contributed by atoms with Gasteiger partial charge in [0.25, 0.3) is 0 Å². The Bertz CT molecular complexity index is 783. The first-order valence-electron chi connectivity index (χ1n) is 12.6. The highest BCUT2D eigenvalue weighted by Gasteiger charge is 2.30. The van der Waals surface area contributed by atoms with E-state index < -0.39 is 0 Å². The SMILES string of the molecule is CCCCC1CCC(C2CCc3cc(-c4ccc(OCCC)cc4)ccc3C2)CC1. The summed E-state index contributed by atoms with van der Waals surface area (Å²) in [5.41, 5.74) is 5.86. The van der Waals surface area contributed by atoms with E-state index in [0.717, 1.165) is 36.5 Å². The van der Waals surface area contributed by atoms with Crippen molar-refractivity contribution in [3.63, 3.8) is 0 Å². The quantitative estimate of drug-likeness (QED) is 0.430. The molecule has 4 rings (SSSR count). The number of unbranched alkanes of at least 4 members (excludes halogenated alkanes) is 1. The van der Waals surface area contributed by atoms with Crippen molar-refractivity contribution in [2.75, 3.05) is 6.61 Å². The van der Waals surface area contributed by atoms with Gasteiger partial charge in [-0.05, 0) is 90.7 Å². The molecule has 0 saturated heterocycles. The summed E-state index contributed by atoms with van der Waals surface area (Å²) in [5, 5.41) is 0. The minimum absolute atomic E-state index is 0.791. The van der Waals surface area contributed by atoms with Crippen LogP contribution < -0.4 is 4.74 Å². The summed E-state index contributed by atoms with van der Waals surface area (Å²) < 4.78 is 5.73. The second kappa shape index (κ2) is 10.5. The Morgan fingerprint density at radius 2 is 1.53 bits per heavy atom. The Morgan fingerprint density at radius 3 is 2.27 bits per heavy atom. The molecule has 1 nitrogen and oxygen atoms in total. The highest BCUT2D eigenvalue weighted by Crippen LogP contribution is 2.41. The van der Waals surface area contributed by atoms with Gasteiger partial charge in [-0.2, -0.15) is 0 Å². The molecular formula is C29H40O. The molecule has 1 atom stereocenters. The van der Waals surface area contributed by atoms with Gasteiger partial charge >= 0.3 is 0 Å². The summed E-state index contributed by atoms with van der Waals surface area (Å²) in [5.74, 6) is 3.90. The number of ether oxygens (including phenoxy) is 1. The van der Waals surface area contributed by atoms with Crippen LogP contribution in [-0.2, 0) is 12.8 Å². The van der Waals surface area contributed by atoms with E-state index in [4.69, 9.17) is 4.74 Å². The lowest BCUT2D eigenvalue weighted by atomic mass is 9.69. The van der Waals surface area contributed by atoms with Gasteiger partial charge in [0.15, 0.2) is 0 Å². The van der Waals surface area contributed by atoms with Crippen LogP contribution in [0.1, 0.15) is 82.8 Å². The Kier molecular flexibility index (Phi) is 7.52. The molecule has 0 amide bonds. The van der Waals surface area contributed by atoms with E-state index in [-0.39, 0.29) is 0 Å². The molecule has 1 fully saturated rings. The summed E-state index contributed by atoms with van der Waals surface area (Å²) in [6.45, 7) is 5.26. The van der Waals surface area contributed by atoms with Crippen LogP contribution in [0.3, 0.4) is 0 Å². The molecule has 2 aromatic rings. The van der Waals surface area contributed by atoms with Gasteiger partial charge in [0, 0.05) is 0 Å². The average Bonchev–Trinajstić information content (AvgIpc) is 2.81. The van der Waals surface area contributed by atoms with Crippen LogP contribution in [0.2, 0.25) is 0 Å². The van der Waals surface area contributed by atoms with E-state index in [2.05, 4.69) is 56.3 Å². The van der Waals surface area contributed by atoms with E-state index in [9.17, 15) is 0 Å². The predicted molar refractivity (Wildman–Crippen MR) is 128 cm³/mol. The second-order valence-electron chi connectivity index (χ2n) is 9.78. The molecule has 2 aliphatic carbocycles. The molecule has 162 valence electrons. The number of hydrogen-bond acceptors (Lipinski definition) is 1. The van der Waals surface area contributed by atoms with Gasteiger partial charge in [-0.1, -0.05) is 76.3 Å². The molecule has 30 heavy (non-hydrogen) atoms. The van der Waals surface area contributed by atoms with Crippen LogP contribution in [0.4, 0.5) is 0 Å². The van der Waals surface area contributed by atoms with Gasteiger partial charge in [-0.3, -0.25) is 0 Å². The minimum Gasteiger partial charge on any atom is -0.494 e. The number of fused-ring (bicyclic) bond motifs is 1. The van der Waals surface area contributed by atoms with Crippen LogP contribution in [0.25, 0.3) is 11.1 Å². The molecule has 0 radical (unpaired) electrons. The zero-order chi connectivity index (χ0) is 20.8. The smallest absolute Gasteiger partial charge is 0.119 e. The zero-order valence-corrected chi connectivity index (χ0v) is 19.2. The Hall–Kier alpha value is -1.76. The molecule has 1 saturated carbocycles. The molecule has 0 aliphatic heterocycles. The fourth-order valence-corrected chi connectivity index (χ4v) is 5.77. The van der Waals surface area contributed by atoms with E-state index in [1.165, 1.54) is 75.3 Å². The third-order valence-corrected chi connectivity index (χ3v) is 7.66. The van der Waals surface area contributed by atoms with Crippen LogP contribution in [0, 0.1) is 17.8 Å². The molecule has 1 heteroatoms. The molecule has 1 unspecified atom stereocenters. The summed E-state index contributed by atoms with van der Waals surface area (Å²) in [6, 6.07) is 15.8. The highest BCUT2D eigenvalue weighted by atomic mass is 16.5. The largest absolute Gasteiger partial charge is 0.494 e. The van der Waals surface area contributed by atoms with E-state index in [1.807, 2.05) is 0 Å². The van der Waals surface area contributed by atoms with Crippen molar-refractivity contribution in [1.29, 1.82) is 0 Å². The Labute approximate surface area is 184 Å². The molecule has 0 aromatic heterocycles. The molecule has 2 aliphatic rings. The van der Waals surface area contributed by atoms with Crippen molar-refractivity contribution in [2.45, 2.75) is 84.5 Å². The van der Waals surface area contributed by atoms with Crippen molar-refractivity contribution < 1.29 is 4.74 Å². The molecule has 0 bridgehead atoms. The van der Waals surface area contributed by atoms with Crippen LogP contribution >= 0.6 is 0 Å². The Balaban J connectivity index is 1.35. The third kappa shape index (κ3) is 5.29. The van der Waals surface area contributed by atoms with Gasteiger partial charge in [-0.15, -0.1) is 0 Å². The van der Waals surface area contributed by atoms with Crippen molar-refractivity contribution in [1.82, 2.24) is 0 Å². The van der Waals surface area contributed by atoms with Crippen LogP contribution in [0.5, 0.6) is 5.75 Å². The summed E-state index contributed by atoms with van der Waals surface area (Å²) in [4.78, 5) is 0. The summed E-state index contributed by atoms with van der Waals surface area (Å²) >= 11 is 0. The molecule has 0 spiro atoms. The maximum atomic E-state index is 5.73. The first kappa shape index (κ1) is 21.5. The van der Waals surface area contributed by atoms with E-state index >= 15 is 0 Å².